The van der Waals surface area contributed by atoms with Crippen LogP contribution in [0.25, 0.3) is 10.2 Å². The minimum absolute atomic E-state index is 0.0618. The van der Waals surface area contributed by atoms with Crippen molar-refractivity contribution in [3.05, 3.63) is 57.9 Å². The van der Waals surface area contributed by atoms with E-state index in [1.807, 2.05) is 56.0 Å². The van der Waals surface area contributed by atoms with Crippen LogP contribution in [0, 0.1) is 20.8 Å². The number of rotatable bonds is 2. The summed E-state index contributed by atoms with van der Waals surface area (Å²) < 4.78 is 5.89. The van der Waals surface area contributed by atoms with Crippen molar-refractivity contribution in [2.24, 2.45) is 0 Å². The number of benzene rings is 1. The molecule has 4 rings (SSSR count). The fraction of sp³-hybridized carbons (Fsp3) is 0.350. The van der Waals surface area contributed by atoms with Crippen molar-refractivity contribution >= 4 is 27.5 Å². The topological polar surface area (TPSA) is 55.3 Å². The number of amides is 1. The summed E-state index contributed by atoms with van der Waals surface area (Å²) in [6.07, 6.45) is -0.0765. The number of hydrogen-bond donors (Lipinski definition) is 0. The van der Waals surface area contributed by atoms with E-state index in [4.69, 9.17) is 4.74 Å². The van der Waals surface area contributed by atoms with Crippen LogP contribution in [0.3, 0.4) is 0 Å². The third-order valence-electron chi connectivity index (χ3n) is 4.80. The average Bonchev–Trinajstić information content (AvgIpc) is 2.98. The molecule has 134 valence electrons. The third kappa shape index (κ3) is 2.99. The maximum atomic E-state index is 13.2. The van der Waals surface area contributed by atoms with Gasteiger partial charge < -0.3 is 9.64 Å². The molecule has 0 radical (unpaired) electrons. The highest BCUT2D eigenvalue weighted by Crippen LogP contribution is 2.33. The van der Waals surface area contributed by atoms with Crippen molar-refractivity contribution < 1.29 is 9.53 Å². The number of nitrogens with zero attached hydrogens (tertiary/aromatic N) is 3. The molecule has 0 aliphatic carbocycles. The highest BCUT2D eigenvalue weighted by atomic mass is 32.1. The van der Waals surface area contributed by atoms with Crippen LogP contribution in [0.2, 0.25) is 0 Å². The lowest BCUT2D eigenvalue weighted by Gasteiger charge is -2.33. The van der Waals surface area contributed by atoms with E-state index in [0.717, 1.165) is 37.7 Å². The second kappa shape index (κ2) is 6.78. The number of thiophene rings is 1. The molecule has 1 amide bonds. The fourth-order valence-electron chi connectivity index (χ4n) is 3.52. The van der Waals surface area contributed by atoms with Crippen molar-refractivity contribution in [1.29, 1.82) is 0 Å². The zero-order valence-corrected chi connectivity index (χ0v) is 16.0. The molecule has 1 aliphatic heterocycles. The molecule has 1 saturated heterocycles. The van der Waals surface area contributed by atoms with Gasteiger partial charge in [-0.05, 0) is 31.9 Å². The monoisotopic (exact) mass is 367 g/mol. The Kier molecular flexibility index (Phi) is 4.46. The van der Waals surface area contributed by atoms with Crippen LogP contribution >= 0.6 is 11.3 Å². The summed E-state index contributed by atoms with van der Waals surface area (Å²) in [7, 11) is 0. The minimum Gasteiger partial charge on any atom is -0.370 e. The van der Waals surface area contributed by atoms with E-state index < -0.39 is 0 Å². The minimum atomic E-state index is -0.0765. The normalized spacial score (nSPS) is 17.7. The second-order valence-corrected chi connectivity index (χ2v) is 7.61. The molecule has 0 N–H and O–H groups in total. The van der Waals surface area contributed by atoms with Crippen LogP contribution < -0.4 is 0 Å². The number of fused-ring (bicyclic) bond motifs is 1. The lowest BCUT2D eigenvalue weighted by molar-refractivity contribution is -0.0226. The van der Waals surface area contributed by atoms with Crippen LogP contribution in [0.4, 0.5) is 0 Å². The molecule has 1 aliphatic rings. The summed E-state index contributed by atoms with van der Waals surface area (Å²) >= 11 is 1.47. The number of morpholine rings is 1. The van der Waals surface area contributed by atoms with E-state index in [1.54, 1.807) is 0 Å². The van der Waals surface area contributed by atoms with E-state index in [-0.39, 0.29) is 12.0 Å². The molecule has 3 aromatic rings. The Hall–Kier alpha value is -2.31. The van der Waals surface area contributed by atoms with Gasteiger partial charge in [0.1, 0.15) is 16.8 Å². The van der Waals surface area contributed by atoms with Crippen LogP contribution in [0.5, 0.6) is 0 Å². The zero-order valence-electron chi connectivity index (χ0n) is 15.2. The van der Waals surface area contributed by atoms with Gasteiger partial charge in [0.25, 0.3) is 5.91 Å². The fourth-order valence-corrected chi connectivity index (χ4v) is 4.77. The van der Waals surface area contributed by atoms with Crippen LogP contribution in [0.1, 0.15) is 38.4 Å². The Morgan fingerprint density at radius 3 is 2.73 bits per heavy atom. The van der Waals surface area contributed by atoms with E-state index in [9.17, 15) is 4.79 Å². The van der Waals surface area contributed by atoms with Crippen LogP contribution in [-0.4, -0.2) is 40.5 Å². The first kappa shape index (κ1) is 17.1. The molecule has 3 heterocycles. The van der Waals surface area contributed by atoms with Gasteiger partial charge in [0.15, 0.2) is 0 Å². The highest BCUT2D eigenvalue weighted by Gasteiger charge is 2.29. The molecule has 1 atom stereocenters. The Morgan fingerprint density at radius 1 is 1.19 bits per heavy atom. The number of hydrogen-bond acceptors (Lipinski definition) is 5. The molecule has 0 spiro atoms. The molecule has 5 nitrogen and oxygen atoms in total. The number of aryl methyl sites for hydroxylation is 3. The highest BCUT2D eigenvalue weighted by molar-refractivity contribution is 7.20. The molecular weight excluding hydrogens is 346 g/mol. The Labute approximate surface area is 156 Å². The van der Waals surface area contributed by atoms with Gasteiger partial charge in [-0.2, -0.15) is 0 Å². The first-order valence-electron chi connectivity index (χ1n) is 8.74. The van der Waals surface area contributed by atoms with Crippen molar-refractivity contribution in [3.8, 4) is 0 Å². The number of aromatic nitrogens is 2. The molecule has 0 bridgehead atoms. The SMILES string of the molecule is Cc1nc(C)c2c(C)c(C(=O)N3CCOC(c4ccccc4)C3)sc2n1. The molecule has 26 heavy (non-hydrogen) atoms. The van der Waals surface area contributed by atoms with E-state index in [2.05, 4.69) is 9.97 Å². The molecule has 2 aromatic heterocycles. The maximum Gasteiger partial charge on any atom is 0.264 e. The molecular formula is C20H21N3O2S. The predicted molar refractivity (Wildman–Crippen MR) is 103 cm³/mol. The molecule has 1 aromatic carbocycles. The first-order valence-corrected chi connectivity index (χ1v) is 9.56. The van der Waals surface area contributed by atoms with Gasteiger partial charge in [0.05, 0.1) is 18.0 Å². The summed E-state index contributed by atoms with van der Waals surface area (Å²) in [4.78, 5) is 25.7. The van der Waals surface area contributed by atoms with Gasteiger partial charge in [-0.3, -0.25) is 4.79 Å². The lowest BCUT2D eigenvalue weighted by atomic mass is 10.1. The van der Waals surface area contributed by atoms with E-state index >= 15 is 0 Å². The van der Waals surface area contributed by atoms with E-state index in [0.29, 0.717) is 19.7 Å². The summed E-state index contributed by atoms with van der Waals surface area (Å²) in [5.74, 6) is 0.803. The maximum absolute atomic E-state index is 13.2. The number of carbonyl (C=O) groups excluding carboxylic acids is 1. The summed E-state index contributed by atoms with van der Waals surface area (Å²) in [5, 5.41) is 1.01. The smallest absolute Gasteiger partial charge is 0.264 e. The zero-order chi connectivity index (χ0) is 18.3. The van der Waals surface area contributed by atoms with Gasteiger partial charge in [-0.1, -0.05) is 30.3 Å². The largest absolute Gasteiger partial charge is 0.370 e. The Balaban J connectivity index is 1.64. The third-order valence-corrected chi connectivity index (χ3v) is 5.98. The Bertz CT molecular complexity index is 968. The van der Waals surface area contributed by atoms with Gasteiger partial charge in [-0.15, -0.1) is 11.3 Å². The van der Waals surface area contributed by atoms with Crippen LogP contribution in [0.15, 0.2) is 30.3 Å². The van der Waals surface area contributed by atoms with Crippen LogP contribution in [-0.2, 0) is 4.74 Å². The van der Waals surface area contributed by atoms with E-state index in [1.165, 1.54) is 11.3 Å². The van der Waals surface area contributed by atoms with Gasteiger partial charge in [0.2, 0.25) is 0 Å². The summed E-state index contributed by atoms with van der Waals surface area (Å²) in [6, 6.07) is 10.1. The average molecular weight is 367 g/mol. The second-order valence-electron chi connectivity index (χ2n) is 6.61. The summed E-state index contributed by atoms with van der Waals surface area (Å²) in [6.45, 7) is 7.58. The van der Waals surface area contributed by atoms with Gasteiger partial charge >= 0.3 is 0 Å². The number of ether oxygens (including phenoxy) is 1. The first-order chi connectivity index (χ1) is 12.5. The Morgan fingerprint density at radius 2 is 1.96 bits per heavy atom. The quantitative estimate of drug-likeness (QED) is 0.691. The molecule has 0 saturated carbocycles. The molecule has 6 heteroatoms. The standard InChI is InChI=1S/C20H21N3O2S/c1-12-17-13(2)21-14(3)22-19(17)26-18(12)20(24)23-9-10-25-16(11-23)15-7-5-4-6-8-15/h4-8,16H,9-11H2,1-3H3. The van der Waals surface area contributed by atoms with Crippen molar-refractivity contribution in [3.63, 3.8) is 0 Å². The van der Waals surface area contributed by atoms with Crippen molar-refractivity contribution in [1.82, 2.24) is 14.9 Å². The van der Waals surface area contributed by atoms with Gasteiger partial charge in [0, 0.05) is 17.6 Å². The van der Waals surface area contributed by atoms with Crippen molar-refractivity contribution in [2.45, 2.75) is 26.9 Å². The molecule has 1 unspecified atom stereocenters. The summed E-state index contributed by atoms with van der Waals surface area (Å²) in [5.41, 5.74) is 3.02. The number of carbonyl (C=O) groups is 1. The predicted octanol–water partition coefficient (Wildman–Crippen LogP) is 3.83. The van der Waals surface area contributed by atoms with Gasteiger partial charge in [-0.25, -0.2) is 9.97 Å². The molecule has 1 fully saturated rings. The lowest BCUT2D eigenvalue weighted by Crippen LogP contribution is -2.42. The van der Waals surface area contributed by atoms with Crippen molar-refractivity contribution in [2.75, 3.05) is 19.7 Å².